The number of nitriles is 2. The van der Waals surface area contributed by atoms with Crippen LogP contribution in [0.4, 0.5) is 26.3 Å². The molecule has 1 aliphatic carbocycles. The first kappa shape index (κ1) is 23.9. The van der Waals surface area contributed by atoms with Crippen molar-refractivity contribution in [1.82, 2.24) is 0 Å². The third-order valence-corrected chi connectivity index (χ3v) is 4.52. The van der Waals surface area contributed by atoms with Crippen LogP contribution < -0.4 is 9.47 Å². The van der Waals surface area contributed by atoms with Crippen LogP contribution in [0.25, 0.3) is 0 Å². The average molecular weight is 442 g/mol. The fourth-order valence-electron chi connectivity index (χ4n) is 3.01. The van der Waals surface area contributed by atoms with Crippen LogP contribution in [0.3, 0.4) is 0 Å². The van der Waals surface area contributed by atoms with Gasteiger partial charge < -0.3 is 9.47 Å². The van der Waals surface area contributed by atoms with Gasteiger partial charge in [-0.15, -0.1) is 26.3 Å². The summed E-state index contributed by atoms with van der Waals surface area (Å²) in [6, 6.07) is 15.3. The summed E-state index contributed by atoms with van der Waals surface area (Å²) in [6.45, 7) is 0. The molecule has 0 spiro atoms. The SMILES string of the molecule is N#CC1(c2ccccc2OC(F)(F)F)CCC1.N#CCc1ccccc1OC(F)(F)F. The largest absolute Gasteiger partial charge is 0.573 e. The van der Waals surface area contributed by atoms with Crippen LogP contribution in [0.5, 0.6) is 11.5 Å². The molecule has 0 saturated heterocycles. The summed E-state index contributed by atoms with van der Waals surface area (Å²) in [4.78, 5) is 0. The quantitative estimate of drug-likeness (QED) is 0.530. The van der Waals surface area contributed by atoms with Gasteiger partial charge in [-0.2, -0.15) is 10.5 Å². The predicted octanol–water partition coefficient (Wildman–Crippen LogP) is 6.18. The van der Waals surface area contributed by atoms with E-state index < -0.39 is 18.1 Å². The molecule has 0 unspecified atom stereocenters. The number of hydrogen-bond acceptors (Lipinski definition) is 4. The Bertz CT molecular complexity index is 969. The van der Waals surface area contributed by atoms with E-state index in [-0.39, 0.29) is 23.5 Å². The van der Waals surface area contributed by atoms with Crippen LogP contribution in [0.2, 0.25) is 0 Å². The minimum Gasteiger partial charge on any atom is -0.405 e. The predicted molar refractivity (Wildman–Crippen MR) is 96.7 cm³/mol. The lowest BCUT2D eigenvalue weighted by molar-refractivity contribution is -0.276. The van der Waals surface area contributed by atoms with Gasteiger partial charge in [0.15, 0.2) is 0 Å². The fourth-order valence-corrected chi connectivity index (χ4v) is 3.01. The number of para-hydroxylation sites is 2. The molecule has 1 saturated carbocycles. The van der Waals surface area contributed by atoms with Crippen molar-refractivity contribution in [3.63, 3.8) is 0 Å². The van der Waals surface area contributed by atoms with E-state index >= 15 is 0 Å². The van der Waals surface area contributed by atoms with Crippen LogP contribution in [-0.2, 0) is 11.8 Å². The topological polar surface area (TPSA) is 66.0 Å². The van der Waals surface area contributed by atoms with Crippen LogP contribution in [0, 0.1) is 22.7 Å². The van der Waals surface area contributed by atoms with Crippen molar-refractivity contribution in [3.8, 4) is 23.6 Å². The number of hydrogen-bond donors (Lipinski definition) is 0. The minimum absolute atomic E-state index is 0.105. The van der Waals surface area contributed by atoms with Crippen molar-refractivity contribution in [2.24, 2.45) is 0 Å². The summed E-state index contributed by atoms with van der Waals surface area (Å²) in [5.41, 5.74) is -0.236. The van der Waals surface area contributed by atoms with Crippen molar-refractivity contribution >= 4 is 0 Å². The minimum atomic E-state index is -4.73. The average Bonchev–Trinajstić information content (AvgIpc) is 2.63. The van der Waals surface area contributed by atoms with Crippen LogP contribution >= 0.6 is 0 Å². The van der Waals surface area contributed by atoms with E-state index in [0.29, 0.717) is 18.4 Å². The third-order valence-electron chi connectivity index (χ3n) is 4.52. The van der Waals surface area contributed by atoms with Crippen molar-refractivity contribution in [3.05, 3.63) is 59.7 Å². The van der Waals surface area contributed by atoms with Gasteiger partial charge in [-0.05, 0) is 31.4 Å². The Labute approximate surface area is 174 Å². The molecular weight excluding hydrogens is 426 g/mol. The first-order chi connectivity index (χ1) is 14.5. The van der Waals surface area contributed by atoms with Gasteiger partial charge in [0.25, 0.3) is 0 Å². The lowest BCUT2D eigenvalue weighted by atomic mass is 9.65. The lowest BCUT2D eigenvalue weighted by Crippen LogP contribution is -2.33. The maximum atomic E-state index is 12.2. The normalized spacial score (nSPS) is 14.7. The van der Waals surface area contributed by atoms with Gasteiger partial charge in [-0.1, -0.05) is 36.4 Å². The molecule has 3 rings (SSSR count). The Morgan fingerprint density at radius 2 is 1.32 bits per heavy atom. The van der Waals surface area contributed by atoms with E-state index in [1.165, 1.54) is 36.4 Å². The van der Waals surface area contributed by atoms with E-state index in [2.05, 4.69) is 15.5 Å². The van der Waals surface area contributed by atoms with E-state index in [9.17, 15) is 26.3 Å². The molecule has 2 aromatic carbocycles. The van der Waals surface area contributed by atoms with Gasteiger partial charge in [0.05, 0.1) is 24.0 Å². The van der Waals surface area contributed by atoms with Gasteiger partial charge in [0.2, 0.25) is 0 Å². The summed E-state index contributed by atoms with van der Waals surface area (Å²) in [6.07, 6.45) is -7.52. The molecule has 0 aliphatic heterocycles. The number of alkyl halides is 6. The van der Waals surface area contributed by atoms with Crippen LogP contribution in [-0.4, -0.2) is 12.7 Å². The van der Waals surface area contributed by atoms with Crippen LogP contribution in [0.15, 0.2) is 48.5 Å². The van der Waals surface area contributed by atoms with E-state index in [0.717, 1.165) is 6.42 Å². The monoisotopic (exact) mass is 442 g/mol. The van der Waals surface area contributed by atoms with Crippen molar-refractivity contribution in [1.29, 1.82) is 10.5 Å². The molecule has 0 amide bonds. The molecule has 1 aliphatic rings. The fraction of sp³-hybridized carbons (Fsp3) is 0.333. The van der Waals surface area contributed by atoms with E-state index in [1.54, 1.807) is 18.2 Å². The molecule has 0 radical (unpaired) electrons. The molecule has 31 heavy (non-hydrogen) atoms. The summed E-state index contributed by atoms with van der Waals surface area (Å²) in [5.74, 6) is -0.581. The summed E-state index contributed by atoms with van der Waals surface area (Å²) in [5, 5.41) is 17.5. The maximum Gasteiger partial charge on any atom is 0.573 e. The van der Waals surface area contributed by atoms with Crippen molar-refractivity contribution in [2.75, 3.05) is 0 Å². The zero-order valence-corrected chi connectivity index (χ0v) is 15.9. The highest BCUT2D eigenvalue weighted by atomic mass is 19.4. The number of halogens is 6. The third kappa shape index (κ3) is 6.82. The second kappa shape index (κ2) is 9.61. The Morgan fingerprint density at radius 3 is 1.81 bits per heavy atom. The van der Waals surface area contributed by atoms with Gasteiger partial charge in [0, 0.05) is 11.1 Å². The number of rotatable bonds is 4. The van der Waals surface area contributed by atoms with E-state index in [1.807, 2.05) is 0 Å². The second-order valence-corrected chi connectivity index (χ2v) is 6.58. The van der Waals surface area contributed by atoms with E-state index in [4.69, 9.17) is 10.5 Å². The Balaban J connectivity index is 0.000000225. The number of nitrogens with zero attached hydrogens (tertiary/aromatic N) is 2. The second-order valence-electron chi connectivity index (χ2n) is 6.58. The first-order valence-electron chi connectivity index (χ1n) is 8.97. The Morgan fingerprint density at radius 1 is 0.806 bits per heavy atom. The summed E-state index contributed by atoms with van der Waals surface area (Å²) < 4.78 is 80.0. The summed E-state index contributed by atoms with van der Waals surface area (Å²) in [7, 11) is 0. The Kier molecular flexibility index (Phi) is 7.40. The molecule has 2 aromatic rings. The molecule has 164 valence electrons. The standard InChI is InChI=1S/C12H10F3NO.C9H6F3NO/c13-12(14,15)17-10-5-2-1-4-9(10)11(8-16)6-3-7-11;10-9(11,12)14-8-4-2-1-3-7(8)5-6-13/h1-2,4-5H,3,6-7H2;1-4H,5H2. The van der Waals surface area contributed by atoms with Crippen LogP contribution in [0.1, 0.15) is 30.4 Å². The van der Waals surface area contributed by atoms with Crippen molar-refractivity contribution < 1.29 is 35.8 Å². The Hall–Kier alpha value is -3.40. The highest BCUT2D eigenvalue weighted by Crippen LogP contribution is 2.47. The first-order valence-corrected chi connectivity index (χ1v) is 8.97. The molecule has 0 atom stereocenters. The highest BCUT2D eigenvalue weighted by Gasteiger charge is 2.43. The molecule has 4 nitrogen and oxygen atoms in total. The molecule has 0 N–H and O–H groups in total. The molecular formula is C21H16F6N2O2. The van der Waals surface area contributed by atoms with Gasteiger partial charge in [0.1, 0.15) is 11.5 Å². The van der Waals surface area contributed by atoms with Gasteiger partial charge >= 0.3 is 12.7 Å². The zero-order valence-electron chi connectivity index (χ0n) is 15.9. The maximum absolute atomic E-state index is 12.2. The number of ether oxygens (including phenoxy) is 2. The number of benzene rings is 2. The molecule has 0 aromatic heterocycles. The molecule has 10 heteroatoms. The zero-order chi connectivity index (χ0) is 23.1. The summed E-state index contributed by atoms with van der Waals surface area (Å²) >= 11 is 0. The van der Waals surface area contributed by atoms with Crippen molar-refractivity contribution in [2.45, 2.75) is 43.8 Å². The smallest absolute Gasteiger partial charge is 0.405 e. The lowest BCUT2D eigenvalue weighted by Gasteiger charge is -2.36. The molecule has 0 bridgehead atoms. The highest BCUT2D eigenvalue weighted by molar-refractivity contribution is 5.45. The molecule has 1 fully saturated rings. The molecule has 0 heterocycles. The van der Waals surface area contributed by atoms with Gasteiger partial charge in [-0.25, -0.2) is 0 Å². The van der Waals surface area contributed by atoms with Gasteiger partial charge in [-0.3, -0.25) is 0 Å².